The molecular weight excluding hydrogens is 257 g/mol. The van der Waals surface area contributed by atoms with Crippen LogP contribution in [-0.2, 0) is 4.74 Å². The summed E-state index contributed by atoms with van der Waals surface area (Å²) in [6.07, 6.45) is -0.491. The molecule has 18 heavy (non-hydrogen) atoms. The molecule has 1 amide bonds. The predicted molar refractivity (Wildman–Crippen MR) is 69.4 cm³/mol. The van der Waals surface area contributed by atoms with Crippen LogP contribution in [0.3, 0.4) is 0 Å². The van der Waals surface area contributed by atoms with E-state index < -0.39 is 6.09 Å². The fourth-order valence-electron chi connectivity index (χ4n) is 2.05. The summed E-state index contributed by atoms with van der Waals surface area (Å²) in [4.78, 5) is 11.3. The summed E-state index contributed by atoms with van der Waals surface area (Å²) >= 11 is 0. The van der Waals surface area contributed by atoms with Crippen molar-refractivity contribution in [3.8, 4) is 0 Å². The highest BCUT2D eigenvalue weighted by Gasteiger charge is 2.39. The lowest BCUT2D eigenvalue weighted by atomic mass is 9.80. The molecule has 0 saturated carbocycles. The third-order valence-corrected chi connectivity index (χ3v) is 3.09. The van der Waals surface area contributed by atoms with Crippen LogP contribution in [0.15, 0.2) is 18.2 Å². The highest BCUT2D eigenvalue weighted by atomic mass is 35.5. The number of ether oxygens (including phenoxy) is 1. The van der Waals surface area contributed by atoms with Crippen molar-refractivity contribution in [3.05, 3.63) is 35.1 Å². The molecular formula is C13H17ClFNO2. The minimum absolute atomic E-state index is 0. The number of amides is 1. The number of hydrogen-bond donors (Lipinski definition) is 1. The third kappa shape index (κ3) is 2.75. The van der Waals surface area contributed by atoms with E-state index in [1.807, 2.05) is 26.8 Å². The Morgan fingerprint density at radius 3 is 2.72 bits per heavy atom. The van der Waals surface area contributed by atoms with Crippen LogP contribution in [0, 0.1) is 18.2 Å². The topological polar surface area (TPSA) is 38.3 Å². The third-order valence-electron chi connectivity index (χ3n) is 3.09. The molecule has 0 radical (unpaired) electrons. The highest BCUT2D eigenvalue weighted by Crippen LogP contribution is 2.37. The smallest absolute Gasteiger partial charge is 0.407 e. The number of aryl methyl sites for hydroxylation is 1. The molecule has 100 valence electrons. The van der Waals surface area contributed by atoms with Crippen LogP contribution in [-0.4, -0.2) is 12.7 Å². The first kappa shape index (κ1) is 14.8. The van der Waals surface area contributed by atoms with E-state index in [9.17, 15) is 9.18 Å². The zero-order valence-corrected chi connectivity index (χ0v) is 11.4. The zero-order valence-electron chi connectivity index (χ0n) is 10.6. The molecule has 1 N–H and O–H groups in total. The number of hydrogen-bond acceptors (Lipinski definition) is 2. The van der Waals surface area contributed by atoms with Gasteiger partial charge in [0.2, 0.25) is 0 Å². The Bertz CT molecular complexity index is 462. The first-order valence-corrected chi connectivity index (χ1v) is 5.59. The Kier molecular flexibility index (Phi) is 4.22. The van der Waals surface area contributed by atoms with Gasteiger partial charge in [0.05, 0.1) is 6.04 Å². The second-order valence-corrected chi connectivity index (χ2v) is 5.17. The van der Waals surface area contributed by atoms with Crippen LogP contribution in [0.4, 0.5) is 9.18 Å². The lowest BCUT2D eigenvalue weighted by Crippen LogP contribution is -2.47. The SMILES string of the molecule is Cc1ccc([C@@H]2NC(=O)OCC2(C)C)c(F)c1.Cl. The van der Waals surface area contributed by atoms with Crippen molar-refractivity contribution in [3.63, 3.8) is 0 Å². The molecule has 1 saturated heterocycles. The molecule has 0 aliphatic carbocycles. The number of alkyl carbamates (subject to hydrolysis) is 1. The van der Waals surface area contributed by atoms with Gasteiger partial charge in [0.1, 0.15) is 12.4 Å². The maximum absolute atomic E-state index is 13.9. The lowest BCUT2D eigenvalue weighted by Gasteiger charge is -2.38. The molecule has 3 nitrogen and oxygen atoms in total. The van der Waals surface area contributed by atoms with Crippen molar-refractivity contribution in [1.29, 1.82) is 0 Å². The summed E-state index contributed by atoms with van der Waals surface area (Å²) < 4.78 is 18.8. The van der Waals surface area contributed by atoms with Gasteiger partial charge in [-0.2, -0.15) is 0 Å². The fraction of sp³-hybridized carbons (Fsp3) is 0.462. The molecule has 5 heteroatoms. The van der Waals surface area contributed by atoms with Crippen LogP contribution in [0.1, 0.15) is 31.0 Å². The van der Waals surface area contributed by atoms with Crippen LogP contribution in [0.2, 0.25) is 0 Å². The van der Waals surface area contributed by atoms with Gasteiger partial charge in [0, 0.05) is 11.0 Å². The van der Waals surface area contributed by atoms with Gasteiger partial charge in [-0.3, -0.25) is 0 Å². The van der Waals surface area contributed by atoms with Gasteiger partial charge in [0.15, 0.2) is 0 Å². The van der Waals surface area contributed by atoms with Gasteiger partial charge in [-0.25, -0.2) is 9.18 Å². The maximum Gasteiger partial charge on any atom is 0.407 e. The van der Waals surface area contributed by atoms with Crippen LogP contribution < -0.4 is 5.32 Å². The van der Waals surface area contributed by atoms with Gasteiger partial charge in [-0.05, 0) is 18.6 Å². The second-order valence-electron chi connectivity index (χ2n) is 5.17. The second kappa shape index (κ2) is 5.14. The van der Waals surface area contributed by atoms with Crippen molar-refractivity contribution in [2.75, 3.05) is 6.61 Å². The van der Waals surface area contributed by atoms with E-state index in [0.29, 0.717) is 5.56 Å². The van der Waals surface area contributed by atoms with E-state index in [1.54, 1.807) is 6.07 Å². The molecule has 0 unspecified atom stereocenters. The average molecular weight is 274 g/mol. The molecule has 2 rings (SSSR count). The molecule has 1 heterocycles. The zero-order chi connectivity index (χ0) is 12.6. The molecule has 0 aromatic heterocycles. The molecule has 0 spiro atoms. The summed E-state index contributed by atoms with van der Waals surface area (Å²) in [6.45, 7) is 6.00. The van der Waals surface area contributed by atoms with E-state index in [2.05, 4.69) is 5.32 Å². The van der Waals surface area contributed by atoms with Crippen molar-refractivity contribution in [1.82, 2.24) is 5.32 Å². The summed E-state index contributed by atoms with van der Waals surface area (Å²) in [5.74, 6) is -0.287. The molecule has 1 aliphatic heterocycles. The van der Waals surface area contributed by atoms with Crippen molar-refractivity contribution >= 4 is 18.5 Å². The van der Waals surface area contributed by atoms with Crippen LogP contribution >= 0.6 is 12.4 Å². The number of cyclic esters (lactones) is 1. The van der Waals surface area contributed by atoms with E-state index in [-0.39, 0.29) is 36.3 Å². The van der Waals surface area contributed by atoms with E-state index in [1.165, 1.54) is 6.07 Å². The summed E-state index contributed by atoms with van der Waals surface area (Å²) in [5, 5.41) is 2.68. The van der Waals surface area contributed by atoms with Crippen LogP contribution in [0.25, 0.3) is 0 Å². The quantitative estimate of drug-likeness (QED) is 0.852. The Balaban J connectivity index is 0.00000162. The van der Waals surface area contributed by atoms with Crippen molar-refractivity contribution in [2.24, 2.45) is 5.41 Å². The van der Waals surface area contributed by atoms with Crippen molar-refractivity contribution < 1.29 is 13.9 Å². The van der Waals surface area contributed by atoms with E-state index in [0.717, 1.165) is 5.56 Å². The number of halogens is 2. The van der Waals surface area contributed by atoms with Gasteiger partial charge in [-0.15, -0.1) is 12.4 Å². The minimum atomic E-state index is -0.491. The first-order valence-electron chi connectivity index (χ1n) is 5.59. The standard InChI is InChI=1S/C13H16FNO2.ClH/c1-8-4-5-9(10(14)6-8)11-13(2,3)7-17-12(16)15-11;/h4-6,11H,7H2,1-3H3,(H,15,16);1H/t11-;/m0./s1. The van der Waals surface area contributed by atoms with Gasteiger partial charge in [-0.1, -0.05) is 26.0 Å². The normalized spacial score (nSPS) is 21.6. The fourth-order valence-corrected chi connectivity index (χ4v) is 2.05. The van der Waals surface area contributed by atoms with Gasteiger partial charge in [0.25, 0.3) is 0 Å². The van der Waals surface area contributed by atoms with Gasteiger partial charge >= 0.3 is 6.09 Å². The maximum atomic E-state index is 13.9. The van der Waals surface area contributed by atoms with Crippen molar-refractivity contribution in [2.45, 2.75) is 26.8 Å². The molecule has 1 atom stereocenters. The number of carbonyl (C=O) groups excluding carboxylic acids is 1. The Morgan fingerprint density at radius 2 is 2.11 bits per heavy atom. The Morgan fingerprint density at radius 1 is 1.44 bits per heavy atom. The lowest BCUT2D eigenvalue weighted by molar-refractivity contribution is 0.0378. The van der Waals surface area contributed by atoms with Crippen LogP contribution in [0.5, 0.6) is 0 Å². The summed E-state index contributed by atoms with van der Waals surface area (Å²) in [6, 6.07) is 4.69. The Labute approximate surface area is 112 Å². The highest BCUT2D eigenvalue weighted by molar-refractivity contribution is 5.85. The predicted octanol–water partition coefficient (Wildman–Crippen LogP) is 3.36. The first-order chi connectivity index (χ1) is 7.90. The molecule has 0 bridgehead atoms. The number of rotatable bonds is 1. The number of benzene rings is 1. The molecule has 1 aromatic rings. The van der Waals surface area contributed by atoms with E-state index >= 15 is 0 Å². The Hall–Kier alpha value is -1.29. The molecule has 1 aromatic carbocycles. The number of carbonyl (C=O) groups is 1. The number of nitrogens with one attached hydrogen (secondary N) is 1. The molecule has 1 aliphatic rings. The summed E-state index contributed by atoms with van der Waals surface area (Å²) in [5.41, 5.74) is 1.05. The minimum Gasteiger partial charge on any atom is -0.449 e. The largest absolute Gasteiger partial charge is 0.449 e. The van der Waals surface area contributed by atoms with Gasteiger partial charge < -0.3 is 10.1 Å². The average Bonchev–Trinajstić information content (AvgIpc) is 2.23. The monoisotopic (exact) mass is 273 g/mol. The summed E-state index contributed by atoms with van der Waals surface area (Å²) in [7, 11) is 0. The molecule has 1 fully saturated rings. The van der Waals surface area contributed by atoms with E-state index in [4.69, 9.17) is 4.74 Å².